The molecule has 0 N–H and O–H groups in total. The first kappa shape index (κ1) is 35.5. The summed E-state index contributed by atoms with van der Waals surface area (Å²) in [5.74, 6) is 0. The maximum atomic E-state index is 3.15. The molecule has 0 aromatic heterocycles. The van der Waals surface area contributed by atoms with Gasteiger partial charge in [0, 0.05) is 0 Å². The van der Waals surface area contributed by atoms with E-state index in [9.17, 15) is 0 Å². The fourth-order valence-corrected chi connectivity index (χ4v) is 6.01. The number of allylic oxidation sites excluding steroid dienone is 4. The van der Waals surface area contributed by atoms with Crippen molar-refractivity contribution in [3.05, 3.63) is 108 Å². The third kappa shape index (κ3) is 9.95. The summed E-state index contributed by atoms with van der Waals surface area (Å²) in [6, 6.07) is 26.5. The standard InChI is InChI=1S/C21H25.C11H9.C6H10.2ClH.Zr/c1-20(2,3)16-9-7-14-11-15-8-10-17(21(4,5)6)13-19(15)18(14)12-16;1-2-6-10(7-3-1)11-8-4-5-9-11;1-2-4-6-5-3-1;;;/h7-13H,1-6H3;1-3,6-9H,4H2;1-5H2;2*1H;/q2*-1;;;;+2/p-2. The minimum atomic E-state index is 0. The van der Waals surface area contributed by atoms with Gasteiger partial charge in [-0.1, -0.05) is 107 Å². The van der Waals surface area contributed by atoms with E-state index in [0.29, 0.717) is 0 Å². The van der Waals surface area contributed by atoms with Gasteiger partial charge in [0.25, 0.3) is 0 Å². The van der Waals surface area contributed by atoms with Crippen LogP contribution in [-0.2, 0) is 35.1 Å². The SMILES string of the molecule is CC(C)(C)c1ccc2[cH-]c3ccc(C(C)(C)C)cc3c2c1.[C-]1=CC(c2ccccc2)=CC1.[Cl-].[Cl-].[Zr+2]=[C]1CCCCC1. The quantitative estimate of drug-likeness (QED) is 0.257. The summed E-state index contributed by atoms with van der Waals surface area (Å²) in [4.78, 5) is 0. The molecule has 6 rings (SSSR count). The topological polar surface area (TPSA) is 0 Å². The van der Waals surface area contributed by atoms with Gasteiger partial charge in [0.15, 0.2) is 0 Å². The molecule has 4 aromatic carbocycles. The molecule has 0 radical (unpaired) electrons. The first-order valence-corrected chi connectivity index (χ1v) is 15.8. The average molecular weight is 663 g/mol. The fraction of sp³-hybridized carbons (Fsp3) is 0.368. The van der Waals surface area contributed by atoms with Crippen LogP contribution in [0.3, 0.4) is 0 Å². The van der Waals surface area contributed by atoms with E-state index in [-0.39, 0.29) is 35.6 Å². The monoisotopic (exact) mass is 660 g/mol. The second kappa shape index (κ2) is 15.7. The second-order valence-electron chi connectivity index (χ2n) is 13.0. The van der Waals surface area contributed by atoms with E-state index in [0.717, 1.165) is 6.42 Å². The van der Waals surface area contributed by atoms with Gasteiger partial charge in [-0.05, 0) is 10.8 Å². The van der Waals surface area contributed by atoms with E-state index in [1.165, 1.54) is 75.9 Å². The van der Waals surface area contributed by atoms with Gasteiger partial charge in [-0.3, -0.25) is 6.08 Å². The van der Waals surface area contributed by atoms with Crippen molar-refractivity contribution in [1.29, 1.82) is 0 Å². The molecule has 0 saturated heterocycles. The summed E-state index contributed by atoms with van der Waals surface area (Å²) < 4.78 is 1.80. The predicted octanol–water partition coefficient (Wildman–Crippen LogP) is 4.82. The van der Waals surface area contributed by atoms with Gasteiger partial charge in [-0.25, -0.2) is 6.08 Å². The van der Waals surface area contributed by atoms with Crippen LogP contribution < -0.4 is 24.8 Å². The van der Waals surface area contributed by atoms with Crippen LogP contribution in [0.4, 0.5) is 0 Å². The Labute approximate surface area is 276 Å². The van der Waals surface area contributed by atoms with Crippen molar-refractivity contribution in [2.24, 2.45) is 0 Å². The van der Waals surface area contributed by atoms with Gasteiger partial charge in [-0.2, -0.15) is 11.6 Å². The van der Waals surface area contributed by atoms with Crippen molar-refractivity contribution in [3.8, 4) is 0 Å². The zero-order valence-electron chi connectivity index (χ0n) is 25.6. The Balaban J connectivity index is 0.000000246. The Kier molecular flexibility index (Phi) is 13.6. The molecule has 0 aliphatic heterocycles. The zero-order valence-corrected chi connectivity index (χ0v) is 29.6. The number of hydrogen-bond acceptors (Lipinski definition) is 0. The van der Waals surface area contributed by atoms with Crippen molar-refractivity contribution in [1.82, 2.24) is 0 Å². The summed E-state index contributed by atoms with van der Waals surface area (Å²) in [5.41, 5.74) is 5.79. The van der Waals surface area contributed by atoms with Gasteiger partial charge in [0.2, 0.25) is 0 Å². The van der Waals surface area contributed by atoms with Gasteiger partial charge in [0.1, 0.15) is 0 Å². The molecule has 1 fully saturated rings. The van der Waals surface area contributed by atoms with Crippen LogP contribution in [0, 0.1) is 6.08 Å². The molecule has 41 heavy (non-hydrogen) atoms. The number of halogens is 2. The summed E-state index contributed by atoms with van der Waals surface area (Å²) in [6.07, 6.45) is 15.7. The van der Waals surface area contributed by atoms with E-state index in [1.54, 1.807) is 27.4 Å². The molecule has 0 atom stereocenters. The van der Waals surface area contributed by atoms with Crippen molar-refractivity contribution < 1.29 is 49.0 Å². The second-order valence-corrected chi connectivity index (χ2v) is 14.7. The van der Waals surface area contributed by atoms with Crippen LogP contribution in [0.25, 0.3) is 27.1 Å². The van der Waals surface area contributed by atoms with E-state index >= 15 is 0 Å². The van der Waals surface area contributed by atoms with Crippen LogP contribution in [0.1, 0.15) is 96.8 Å². The Hall–Kier alpha value is -1.66. The van der Waals surface area contributed by atoms with Crippen molar-refractivity contribution in [2.45, 2.75) is 90.9 Å². The van der Waals surface area contributed by atoms with E-state index in [4.69, 9.17) is 0 Å². The van der Waals surface area contributed by atoms with Crippen LogP contribution in [0.5, 0.6) is 0 Å². The number of benzene rings is 3. The fourth-order valence-electron chi connectivity index (χ4n) is 5.14. The van der Waals surface area contributed by atoms with E-state index in [2.05, 4.69) is 127 Å². The van der Waals surface area contributed by atoms with Crippen molar-refractivity contribution >= 4 is 30.3 Å². The molecule has 1 saturated carbocycles. The Morgan fingerprint density at radius 1 is 0.683 bits per heavy atom. The molecule has 0 heterocycles. The molecule has 0 spiro atoms. The summed E-state index contributed by atoms with van der Waals surface area (Å²) in [6.45, 7) is 13.7. The van der Waals surface area contributed by atoms with Crippen LogP contribution in [0.15, 0.2) is 84.9 Å². The van der Waals surface area contributed by atoms with Crippen LogP contribution in [-0.4, -0.2) is 3.21 Å². The van der Waals surface area contributed by atoms with Gasteiger partial charge < -0.3 is 24.8 Å². The predicted molar refractivity (Wildman–Crippen MR) is 169 cm³/mol. The van der Waals surface area contributed by atoms with Crippen LogP contribution >= 0.6 is 0 Å². The Bertz CT molecular complexity index is 1400. The third-order valence-electron chi connectivity index (χ3n) is 7.70. The van der Waals surface area contributed by atoms with Crippen molar-refractivity contribution in [3.63, 3.8) is 0 Å². The number of rotatable bonds is 1. The zero-order chi connectivity index (χ0) is 28.0. The van der Waals surface area contributed by atoms with E-state index < -0.39 is 0 Å². The minimum absolute atomic E-state index is 0. The summed E-state index contributed by atoms with van der Waals surface area (Å²) >= 11 is 1.69. The molecular weight excluding hydrogens is 619 g/mol. The molecule has 2 aliphatic carbocycles. The normalized spacial score (nSPS) is 14.7. The first-order chi connectivity index (χ1) is 18.5. The van der Waals surface area contributed by atoms with Crippen LogP contribution in [0.2, 0.25) is 0 Å². The molecule has 2 aliphatic rings. The van der Waals surface area contributed by atoms with Gasteiger partial charge >= 0.3 is 59.5 Å². The third-order valence-corrected chi connectivity index (χ3v) is 8.93. The molecule has 0 unspecified atom stereocenters. The van der Waals surface area contributed by atoms with Crippen molar-refractivity contribution in [2.75, 3.05) is 0 Å². The van der Waals surface area contributed by atoms with Gasteiger partial charge in [-0.15, -0.1) is 51.7 Å². The average Bonchev–Trinajstić information content (AvgIpc) is 3.57. The molecule has 0 nitrogen and oxygen atoms in total. The number of hydrogen-bond donors (Lipinski definition) is 0. The van der Waals surface area contributed by atoms with Gasteiger partial charge in [0.05, 0.1) is 0 Å². The molecular formula is C38H44Cl2Zr-2. The molecule has 4 aromatic rings. The summed E-state index contributed by atoms with van der Waals surface area (Å²) in [7, 11) is 0. The maximum absolute atomic E-state index is 3.15. The Morgan fingerprint density at radius 2 is 1.20 bits per heavy atom. The summed E-state index contributed by atoms with van der Waals surface area (Å²) in [5, 5.41) is 5.49. The first-order valence-electron chi connectivity index (χ1n) is 14.5. The molecule has 3 heteroatoms. The Morgan fingerprint density at radius 3 is 1.59 bits per heavy atom. The molecule has 0 amide bonds. The number of fused-ring (bicyclic) bond motifs is 3. The molecule has 0 bridgehead atoms. The molecule has 216 valence electrons. The van der Waals surface area contributed by atoms with E-state index in [1.807, 2.05) is 6.07 Å².